The molecule has 1 fully saturated rings. The van der Waals surface area contributed by atoms with E-state index in [4.69, 9.17) is 9.47 Å². The summed E-state index contributed by atoms with van der Waals surface area (Å²) in [6, 6.07) is 1.90. The maximum atomic E-state index is 12.6. The van der Waals surface area contributed by atoms with Gasteiger partial charge in [0, 0.05) is 44.7 Å². The maximum absolute atomic E-state index is 12.6. The summed E-state index contributed by atoms with van der Waals surface area (Å²) in [6.45, 7) is 11.1. The van der Waals surface area contributed by atoms with Crippen LogP contribution >= 0.6 is 0 Å². The molecule has 1 N–H and O–H groups in total. The first-order valence-electron chi connectivity index (χ1n) is 9.16. The Bertz CT molecular complexity index is 639. The van der Waals surface area contributed by atoms with Crippen LogP contribution < -0.4 is 5.32 Å². The fourth-order valence-corrected chi connectivity index (χ4v) is 3.28. The lowest BCUT2D eigenvalue weighted by molar-refractivity contribution is -0.149. The fourth-order valence-electron chi connectivity index (χ4n) is 3.28. The highest BCUT2D eigenvalue weighted by Crippen LogP contribution is 2.15. The highest BCUT2D eigenvalue weighted by molar-refractivity contribution is 5.95. The van der Waals surface area contributed by atoms with Crippen molar-refractivity contribution in [1.29, 1.82) is 0 Å². The summed E-state index contributed by atoms with van der Waals surface area (Å²) < 4.78 is 12.8. The van der Waals surface area contributed by atoms with Gasteiger partial charge in [-0.1, -0.05) is 13.8 Å². The van der Waals surface area contributed by atoms with Gasteiger partial charge in [0.05, 0.1) is 18.3 Å². The number of rotatable bonds is 8. The molecule has 0 radical (unpaired) electrons. The van der Waals surface area contributed by atoms with Crippen LogP contribution in [0.3, 0.4) is 0 Å². The minimum absolute atomic E-state index is 0.0166. The van der Waals surface area contributed by atoms with Gasteiger partial charge < -0.3 is 24.3 Å². The van der Waals surface area contributed by atoms with Gasteiger partial charge in [-0.3, -0.25) is 9.59 Å². The lowest BCUT2D eigenvalue weighted by Crippen LogP contribution is -2.51. The van der Waals surface area contributed by atoms with Crippen LogP contribution in [0.2, 0.25) is 0 Å². The van der Waals surface area contributed by atoms with Crippen molar-refractivity contribution >= 4 is 11.8 Å². The van der Waals surface area contributed by atoms with E-state index in [0.717, 1.165) is 17.9 Å². The predicted octanol–water partition coefficient (Wildman–Crippen LogP) is 1.36. The summed E-state index contributed by atoms with van der Waals surface area (Å²) in [7, 11) is 1.67. The van der Waals surface area contributed by atoms with E-state index in [1.807, 2.05) is 24.8 Å². The van der Waals surface area contributed by atoms with E-state index in [2.05, 4.69) is 23.7 Å². The monoisotopic (exact) mass is 365 g/mol. The first-order chi connectivity index (χ1) is 12.3. The van der Waals surface area contributed by atoms with Crippen LogP contribution in [-0.2, 0) is 20.8 Å². The third-order valence-corrected chi connectivity index (χ3v) is 4.63. The molecule has 1 unspecified atom stereocenters. The van der Waals surface area contributed by atoms with E-state index < -0.39 is 0 Å². The van der Waals surface area contributed by atoms with Gasteiger partial charge in [-0.15, -0.1) is 0 Å². The number of nitrogens with zero attached hydrogens (tertiary/aromatic N) is 2. The van der Waals surface area contributed by atoms with Gasteiger partial charge in [-0.05, 0) is 25.8 Å². The molecule has 0 spiro atoms. The van der Waals surface area contributed by atoms with Gasteiger partial charge in [-0.2, -0.15) is 0 Å². The molecule has 1 aliphatic rings. The second-order valence-electron chi connectivity index (χ2n) is 7.26. The van der Waals surface area contributed by atoms with Gasteiger partial charge in [0.15, 0.2) is 0 Å². The molecule has 0 aromatic carbocycles. The zero-order chi connectivity index (χ0) is 19.3. The molecule has 0 saturated carbocycles. The van der Waals surface area contributed by atoms with Crippen molar-refractivity contribution in [2.45, 2.75) is 40.3 Å². The Morgan fingerprint density at radius 1 is 1.42 bits per heavy atom. The maximum Gasteiger partial charge on any atom is 0.253 e. The molecule has 2 rings (SSSR count). The molecule has 7 heteroatoms. The van der Waals surface area contributed by atoms with E-state index in [-0.39, 0.29) is 24.5 Å². The largest absolute Gasteiger partial charge is 0.383 e. The van der Waals surface area contributed by atoms with Crippen molar-refractivity contribution in [3.8, 4) is 0 Å². The summed E-state index contributed by atoms with van der Waals surface area (Å²) in [5.74, 6) is 0.311. The molecule has 1 saturated heterocycles. The molecule has 7 nitrogen and oxygen atoms in total. The van der Waals surface area contributed by atoms with Crippen molar-refractivity contribution in [2.75, 3.05) is 40.0 Å². The van der Waals surface area contributed by atoms with Crippen molar-refractivity contribution in [1.82, 2.24) is 14.8 Å². The van der Waals surface area contributed by atoms with Crippen LogP contribution in [0.25, 0.3) is 0 Å². The van der Waals surface area contributed by atoms with E-state index in [1.165, 1.54) is 0 Å². The topological polar surface area (TPSA) is 72.8 Å². The Labute approximate surface area is 155 Å². The highest BCUT2D eigenvalue weighted by Gasteiger charge is 2.27. The summed E-state index contributed by atoms with van der Waals surface area (Å²) in [6.07, 6.45) is -0.174. The normalized spacial score (nSPS) is 17.8. The molecule has 1 aromatic rings. The Hall–Kier alpha value is -1.86. The number of aromatic nitrogens is 1. The van der Waals surface area contributed by atoms with Crippen LogP contribution in [0.1, 0.15) is 35.6 Å². The lowest BCUT2D eigenvalue weighted by Gasteiger charge is -2.33. The number of amides is 2. The molecule has 1 aromatic heterocycles. The number of hydrogen-bond acceptors (Lipinski definition) is 4. The molecule has 1 aliphatic heterocycles. The summed E-state index contributed by atoms with van der Waals surface area (Å²) in [4.78, 5) is 26.3. The highest BCUT2D eigenvalue weighted by atomic mass is 16.5. The quantitative estimate of drug-likeness (QED) is 0.755. The van der Waals surface area contributed by atoms with Crippen LogP contribution in [0.5, 0.6) is 0 Å². The molecule has 0 bridgehead atoms. The number of hydrogen-bond donors (Lipinski definition) is 1. The third-order valence-electron chi connectivity index (χ3n) is 4.63. The standard InChI is InChI=1S/C19H31N3O4/c1-13(2)10-21-11-16(26-12-18(21)23)9-20-19(24)17-8-14(3)22(15(17)4)6-7-25-5/h8,13,16H,6-7,9-12H2,1-5H3,(H,20,24). The second-order valence-corrected chi connectivity index (χ2v) is 7.26. The van der Waals surface area contributed by atoms with E-state index in [9.17, 15) is 9.59 Å². The van der Waals surface area contributed by atoms with Crippen LogP contribution in [0.4, 0.5) is 0 Å². The number of ether oxygens (including phenoxy) is 2. The Balaban J connectivity index is 1.93. The molecule has 0 aliphatic carbocycles. The minimum atomic E-state index is -0.174. The van der Waals surface area contributed by atoms with Crippen molar-refractivity contribution in [3.05, 3.63) is 23.0 Å². The van der Waals surface area contributed by atoms with Crippen molar-refractivity contribution in [3.63, 3.8) is 0 Å². The molecule has 2 heterocycles. The second kappa shape index (κ2) is 9.19. The number of aryl methyl sites for hydroxylation is 1. The smallest absolute Gasteiger partial charge is 0.253 e. The zero-order valence-electron chi connectivity index (χ0n) is 16.5. The Morgan fingerprint density at radius 2 is 2.15 bits per heavy atom. The predicted molar refractivity (Wildman–Crippen MR) is 99.3 cm³/mol. The first-order valence-corrected chi connectivity index (χ1v) is 9.16. The van der Waals surface area contributed by atoms with Gasteiger partial charge in [0.2, 0.25) is 5.91 Å². The Kier molecular flexibility index (Phi) is 7.23. The summed E-state index contributed by atoms with van der Waals surface area (Å²) in [5, 5.41) is 2.95. The zero-order valence-corrected chi connectivity index (χ0v) is 16.5. The molecule has 146 valence electrons. The van der Waals surface area contributed by atoms with Crippen molar-refractivity contribution < 1.29 is 19.1 Å². The average molecular weight is 365 g/mol. The minimum Gasteiger partial charge on any atom is -0.383 e. The summed E-state index contributed by atoms with van der Waals surface area (Å²) >= 11 is 0. The molecular weight excluding hydrogens is 334 g/mol. The number of carbonyl (C=O) groups is 2. The first kappa shape index (κ1) is 20.5. The Morgan fingerprint density at radius 3 is 2.81 bits per heavy atom. The fraction of sp³-hybridized carbons (Fsp3) is 0.684. The van der Waals surface area contributed by atoms with Gasteiger partial charge in [0.1, 0.15) is 6.61 Å². The number of nitrogens with one attached hydrogen (secondary N) is 1. The van der Waals surface area contributed by atoms with Gasteiger partial charge in [0.25, 0.3) is 5.91 Å². The van der Waals surface area contributed by atoms with Gasteiger partial charge in [-0.25, -0.2) is 0 Å². The molecule has 26 heavy (non-hydrogen) atoms. The third kappa shape index (κ3) is 5.08. The lowest BCUT2D eigenvalue weighted by atomic mass is 10.1. The van der Waals surface area contributed by atoms with Crippen LogP contribution in [-0.4, -0.2) is 67.3 Å². The number of methoxy groups -OCH3 is 1. The van der Waals surface area contributed by atoms with E-state index >= 15 is 0 Å². The van der Waals surface area contributed by atoms with Crippen LogP contribution in [0, 0.1) is 19.8 Å². The average Bonchev–Trinajstić information content (AvgIpc) is 2.87. The van der Waals surface area contributed by atoms with E-state index in [1.54, 1.807) is 7.11 Å². The molecule has 2 amide bonds. The van der Waals surface area contributed by atoms with Gasteiger partial charge >= 0.3 is 0 Å². The van der Waals surface area contributed by atoms with Crippen LogP contribution in [0.15, 0.2) is 6.07 Å². The number of morpholine rings is 1. The molecule has 1 atom stereocenters. The SMILES string of the molecule is COCCn1c(C)cc(C(=O)NCC2CN(CC(C)C)C(=O)CO2)c1C. The van der Waals surface area contributed by atoms with E-state index in [0.29, 0.717) is 37.7 Å². The van der Waals surface area contributed by atoms with Crippen molar-refractivity contribution in [2.24, 2.45) is 5.92 Å². The number of carbonyl (C=O) groups excluding carboxylic acids is 2. The molecular formula is C19H31N3O4. The summed E-state index contributed by atoms with van der Waals surface area (Å²) in [5.41, 5.74) is 2.63.